The number of hydrogen-bond donors (Lipinski definition) is 0. The van der Waals surface area contributed by atoms with Crippen molar-refractivity contribution in [1.82, 2.24) is 0 Å². The van der Waals surface area contributed by atoms with Crippen LogP contribution >= 0.6 is 0 Å². The summed E-state index contributed by atoms with van der Waals surface area (Å²) in [5, 5.41) is 0. The van der Waals surface area contributed by atoms with Gasteiger partial charge in [-0.15, -0.1) is 0 Å². The van der Waals surface area contributed by atoms with Gasteiger partial charge in [0.15, 0.2) is 0 Å². The minimum Gasteiger partial charge on any atom is -0.392 e. The van der Waals surface area contributed by atoms with Gasteiger partial charge in [-0.1, -0.05) is 18.6 Å². The van der Waals surface area contributed by atoms with E-state index in [9.17, 15) is 9.59 Å². The Bertz CT molecular complexity index is 303. The molecule has 0 spiro atoms. The molecule has 3 atom stereocenters. The maximum Gasteiger partial charge on any atom is 0.321 e. The zero-order chi connectivity index (χ0) is 9.59. The van der Waals surface area contributed by atoms with E-state index >= 15 is 0 Å². The Morgan fingerprint density at radius 1 is 1.38 bits per heavy atom. The van der Waals surface area contributed by atoms with E-state index in [4.69, 9.17) is 0 Å². The molecule has 0 aromatic carbocycles. The second kappa shape index (κ2) is 2.69. The molecule has 0 bridgehead atoms. The SMILES string of the molecule is CC1=CC(C)CC2C(=O)OC(=O)C12. The molecular weight excluding hydrogens is 168 g/mol. The Hall–Kier alpha value is -1.12. The van der Waals surface area contributed by atoms with Crippen LogP contribution in [0.5, 0.6) is 0 Å². The van der Waals surface area contributed by atoms with Gasteiger partial charge < -0.3 is 4.74 Å². The molecule has 0 amide bonds. The van der Waals surface area contributed by atoms with Crippen molar-refractivity contribution in [2.75, 3.05) is 0 Å². The summed E-state index contributed by atoms with van der Waals surface area (Å²) in [6, 6.07) is 0. The summed E-state index contributed by atoms with van der Waals surface area (Å²) in [7, 11) is 0. The van der Waals surface area contributed by atoms with Crippen molar-refractivity contribution in [2.24, 2.45) is 17.8 Å². The van der Waals surface area contributed by atoms with E-state index in [-0.39, 0.29) is 23.8 Å². The normalized spacial score (nSPS) is 38.3. The van der Waals surface area contributed by atoms with Gasteiger partial charge in [-0.2, -0.15) is 0 Å². The monoisotopic (exact) mass is 180 g/mol. The van der Waals surface area contributed by atoms with Crippen LogP contribution in [0.25, 0.3) is 0 Å². The fraction of sp³-hybridized carbons (Fsp3) is 0.600. The average Bonchev–Trinajstić information content (AvgIpc) is 2.27. The minimum atomic E-state index is -0.365. The first-order valence-electron chi connectivity index (χ1n) is 4.53. The number of ether oxygens (including phenoxy) is 1. The Morgan fingerprint density at radius 2 is 2.08 bits per heavy atom. The first kappa shape index (κ1) is 8.48. The highest BCUT2D eigenvalue weighted by molar-refractivity contribution is 5.98. The van der Waals surface area contributed by atoms with Crippen LogP contribution in [0.1, 0.15) is 20.3 Å². The molecule has 0 aromatic rings. The zero-order valence-electron chi connectivity index (χ0n) is 7.74. The molecular formula is C10H12O3. The number of carbonyl (C=O) groups excluding carboxylic acids is 2. The highest BCUT2D eigenvalue weighted by Crippen LogP contribution is 2.38. The smallest absolute Gasteiger partial charge is 0.321 e. The van der Waals surface area contributed by atoms with E-state index in [1.165, 1.54) is 0 Å². The number of carbonyl (C=O) groups is 2. The van der Waals surface area contributed by atoms with Crippen LogP contribution in [0.4, 0.5) is 0 Å². The van der Waals surface area contributed by atoms with Gasteiger partial charge in [0.25, 0.3) is 0 Å². The van der Waals surface area contributed by atoms with Crippen LogP contribution in [-0.4, -0.2) is 11.9 Å². The van der Waals surface area contributed by atoms with E-state index in [1.54, 1.807) is 0 Å². The van der Waals surface area contributed by atoms with Crippen molar-refractivity contribution in [1.29, 1.82) is 0 Å². The van der Waals surface area contributed by atoms with E-state index in [0.717, 1.165) is 12.0 Å². The Labute approximate surface area is 76.8 Å². The third kappa shape index (κ3) is 1.19. The van der Waals surface area contributed by atoms with Crippen LogP contribution in [0, 0.1) is 17.8 Å². The number of cyclic esters (lactones) is 2. The molecule has 1 saturated heterocycles. The number of fused-ring (bicyclic) bond motifs is 1. The van der Waals surface area contributed by atoms with Crippen LogP contribution in [0.2, 0.25) is 0 Å². The van der Waals surface area contributed by atoms with Gasteiger partial charge in [0.1, 0.15) is 0 Å². The number of allylic oxidation sites excluding steroid dienone is 1. The Kier molecular flexibility index (Phi) is 1.75. The molecule has 3 unspecified atom stereocenters. The Morgan fingerprint density at radius 3 is 2.77 bits per heavy atom. The van der Waals surface area contributed by atoms with E-state index in [1.807, 2.05) is 6.92 Å². The number of hydrogen-bond acceptors (Lipinski definition) is 3. The van der Waals surface area contributed by atoms with E-state index < -0.39 is 0 Å². The third-order valence-corrected chi connectivity index (χ3v) is 2.82. The lowest BCUT2D eigenvalue weighted by Gasteiger charge is -2.23. The molecule has 1 aliphatic carbocycles. The van der Waals surface area contributed by atoms with Crippen LogP contribution in [0.15, 0.2) is 11.6 Å². The van der Waals surface area contributed by atoms with Gasteiger partial charge >= 0.3 is 11.9 Å². The summed E-state index contributed by atoms with van der Waals surface area (Å²) in [5.74, 6) is -0.833. The first-order valence-corrected chi connectivity index (χ1v) is 4.53. The Balaban J connectivity index is 2.36. The van der Waals surface area contributed by atoms with Gasteiger partial charge in [-0.3, -0.25) is 9.59 Å². The van der Waals surface area contributed by atoms with Gasteiger partial charge in [0, 0.05) is 0 Å². The summed E-state index contributed by atoms with van der Waals surface area (Å²) in [6.45, 7) is 3.95. The van der Waals surface area contributed by atoms with Crippen molar-refractivity contribution in [2.45, 2.75) is 20.3 Å². The highest BCUT2D eigenvalue weighted by atomic mass is 16.6. The first-order chi connectivity index (χ1) is 6.09. The van der Waals surface area contributed by atoms with Crippen LogP contribution in [-0.2, 0) is 14.3 Å². The van der Waals surface area contributed by atoms with Gasteiger partial charge in [0.05, 0.1) is 11.8 Å². The standard InChI is InChI=1S/C10H12O3/c1-5-3-6(2)8-7(4-5)9(11)13-10(8)12/h3,5,7-8H,4H2,1-2H3. The number of rotatable bonds is 0. The van der Waals surface area contributed by atoms with Crippen molar-refractivity contribution in [3.8, 4) is 0 Å². The molecule has 0 saturated carbocycles. The maximum absolute atomic E-state index is 11.3. The predicted octanol–water partition coefficient (Wildman–Crippen LogP) is 1.29. The lowest BCUT2D eigenvalue weighted by atomic mass is 9.77. The minimum absolute atomic E-state index is 0.215. The lowest BCUT2D eigenvalue weighted by molar-refractivity contribution is -0.153. The predicted molar refractivity (Wildman–Crippen MR) is 45.6 cm³/mol. The van der Waals surface area contributed by atoms with Gasteiger partial charge in [0.2, 0.25) is 0 Å². The molecule has 0 aromatic heterocycles. The highest BCUT2D eigenvalue weighted by Gasteiger charge is 2.47. The van der Waals surface area contributed by atoms with Crippen LogP contribution in [0.3, 0.4) is 0 Å². The summed E-state index contributed by atoms with van der Waals surface area (Å²) in [5.41, 5.74) is 0.986. The fourth-order valence-corrected chi connectivity index (χ4v) is 2.30. The molecule has 1 fully saturated rings. The van der Waals surface area contributed by atoms with Crippen LogP contribution < -0.4 is 0 Å². The fourth-order valence-electron chi connectivity index (χ4n) is 2.30. The van der Waals surface area contributed by atoms with Gasteiger partial charge in [-0.05, 0) is 19.3 Å². The second-order valence-corrected chi connectivity index (χ2v) is 3.95. The molecule has 70 valence electrons. The molecule has 13 heavy (non-hydrogen) atoms. The molecule has 0 N–H and O–H groups in total. The van der Waals surface area contributed by atoms with Crippen molar-refractivity contribution in [3.63, 3.8) is 0 Å². The van der Waals surface area contributed by atoms with Gasteiger partial charge in [-0.25, -0.2) is 0 Å². The molecule has 0 radical (unpaired) electrons. The van der Waals surface area contributed by atoms with E-state index in [2.05, 4.69) is 17.7 Å². The maximum atomic E-state index is 11.3. The van der Waals surface area contributed by atoms with Crippen molar-refractivity contribution >= 4 is 11.9 Å². The number of esters is 2. The molecule has 2 rings (SSSR count). The van der Waals surface area contributed by atoms with Crippen molar-refractivity contribution in [3.05, 3.63) is 11.6 Å². The largest absolute Gasteiger partial charge is 0.392 e. The molecule has 1 heterocycles. The molecule has 2 aliphatic rings. The summed E-state index contributed by atoms with van der Waals surface area (Å²) in [4.78, 5) is 22.5. The molecule has 3 nitrogen and oxygen atoms in total. The average molecular weight is 180 g/mol. The van der Waals surface area contributed by atoms with Crippen molar-refractivity contribution < 1.29 is 14.3 Å². The topological polar surface area (TPSA) is 43.4 Å². The van der Waals surface area contributed by atoms with E-state index in [0.29, 0.717) is 5.92 Å². The quantitative estimate of drug-likeness (QED) is 0.320. The third-order valence-electron chi connectivity index (χ3n) is 2.82. The summed E-state index contributed by atoms with van der Waals surface area (Å²) < 4.78 is 4.61. The summed E-state index contributed by atoms with van der Waals surface area (Å²) >= 11 is 0. The zero-order valence-corrected chi connectivity index (χ0v) is 7.74. The molecule has 1 aliphatic heterocycles. The molecule has 3 heteroatoms. The summed E-state index contributed by atoms with van der Waals surface area (Å²) in [6.07, 6.45) is 2.80. The second-order valence-electron chi connectivity index (χ2n) is 3.95. The lowest BCUT2D eigenvalue weighted by Crippen LogP contribution is -2.25.